The number of hydrogen-bond acceptors (Lipinski definition) is 2. The highest BCUT2D eigenvalue weighted by Crippen LogP contribution is 2.21. The molecule has 60 valence electrons. The van der Waals surface area contributed by atoms with Crippen molar-refractivity contribution in [2.45, 2.75) is 13.3 Å². The Kier molecular flexibility index (Phi) is 2.36. The molecule has 0 aliphatic rings. The maximum Gasteiger partial charge on any atom is 0.0390 e. The second-order valence-electron chi connectivity index (χ2n) is 2.48. The second kappa shape index (κ2) is 3.28. The van der Waals surface area contributed by atoms with Crippen molar-refractivity contribution < 1.29 is 0 Å². The first kappa shape index (κ1) is 7.92. The standard InChI is InChI=1S/C9H14N2/c1-3-7-8(10)5-4-6-9(7)11-2/h4-6,11H,3,10H2,1-2H3. The minimum Gasteiger partial charge on any atom is -0.398 e. The molecule has 0 saturated carbocycles. The third-order valence-electron chi connectivity index (χ3n) is 1.84. The highest BCUT2D eigenvalue weighted by Gasteiger charge is 2.00. The van der Waals surface area contributed by atoms with Crippen LogP contribution in [-0.2, 0) is 6.42 Å². The van der Waals surface area contributed by atoms with E-state index in [2.05, 4.69) is 12.2 Å². The molecule has 0 heterocycles. The maximum atomic E-state index is 5.77. The summed E-state index contributed by atoms with van der Waals surface area (Å²) >= 11 is 0. The van der Waals surface area contributed by atoms with Crippen LogP contribution in [0.4, 0.5) is 11.4 Å². The number of nitrogen functional groups attached to an aromatic ring is 1. The lowest BCUT2D eigenvalue weighted by atomic mass is 10.1. The molecule has 0 spiro atoms. The van der Waals surface area contributed by atoms with Crippen molar-refractivity contribution in [2.24, 2.45) is 0 Å². The number of benzene rings is 1. The first-order valence-corrected chi connectivity index (χ1v) is 3.84. The lowest BCUT2D eigenvalue weighted by Gasteiger charge is -2.08. The average molecular weight is 150 g/mol. The van der Waals surface area contributed by atoms with Crippen LogP contribution >= 0.6 is 0 Å². The van der Waals surface area contributed by atoms with Crippen LogP contribution in [0, 0.1) is 0 Å². The van der Waals surface area contributed by atoms with Gasteiger partial charge in [0.2, 0.25) is 0 Å². The molecule has 1 rings (SSSR count). The number of nitrogens with one attached hydrogen (secondary N) is 1. The molecule has 0 bridgehead atoms. The van der Waals surface area contributed by atoms with Crippen molar-refractivity contribution in [1.82, 2.24) is 0 Å². The Hall–Kier alpha value is -1.18. The van der Waals surface area contributed by atoms with Gasteiger partial charge >= 0.3 is 0 Å². The van der Waals surface area contributed by atoms with Crippen LogP contribution < -0.4 is 11.1 Å². The summed E-state index contributed by atoms with van der Waals surface area (Å²) in [6.45, 7) is 2.10. The Balaban J connectivity index is 3.13. The topological polar surface area (TPSA) is 38.0 Å². The van der Waals surface area contributed by atoms with Gasteiger partial charge in [0, 0.05) is 18.4 Å². The van der Waals surface area contributed by atoms with E-state index in [-0.39, 0.29) is 0 Å². The summed E-state index contributed by atoms with van der Waals surface area (Å²) < 4.78 is 0. The third kappa shape index (κ3) is 1.45. The van der Waals surface area contributed by atoms with Gasteiger partial charge in [-0.15, -0.1) is 0 Å². The largest absolute Gasteiger partial charge is 0.398 e. The molecule has 2 heteroatoms. The summed E-state index contributed by atoms with van der Waals surface area (Å²) in [7, 11) is 1.91. The highest BCUT2D eigenvalue weighted by atomic mass is 14.8. The van der Waals surface area contributed by atoms with Gasteiger partial charge in [0.05, 0.1) is 0 Å². The van der Waals surface area contributed by atoms with Crippen LogP contribution in [0.3, 0.4) is 0 Å². The summed E-state index contributed by atoms with van der Waals surface area (Å²) in [4.78, 5) is 0. The van der Waals surface area contributed by atoms with E-state index in [1.807, 2.05) is 25.2 Å². The van der Waals surface area contributed by atoms with Gasteiger partial charge in [-0.05, 0) is 24.1 Å². The molecule has 2 nitrogen and oxygen atoms in total. The first-order valence-electron chi connectivity index (χ1n) is 3.84. The van der Waals surface area contributed by atoms with Gasteiger partial charge in [0.1, 0.15) is 0 Å². The van der Waals surface area contributed by atoms with E-state index in [1.54, 1.807) is 0 Å². The highest BCUT2D eigenvalue weighted by molar-refractivity contribution is 5.63. The molecule has 1 aromatic rings. The molecule has 0 aliphatic heterocycles. The second-order valence-corrected chi connectivity index (χ2v) is 2.48. The molecule has 0 unspecified atom stereocenters. The molecule has 0 fully saturated rings. The van der Waals surface area contributed by atoms with Crippen LogP contribution in [0.1, 0.15) is 12.5 Å². The molecule has 0 amide bonds. The van der Waals surface area contributed by atoms with Crippen LogP contribution in [0.25, 0.3) is 0 Å². The van der Waals surface area contributed by atoms with Gasteiger partial charge in [-0.25, -0.2) is 0 Å². The van der Waals surface area contributed by atoms with E-state index in [9.17, 15) is 0 Å². The zero-order valence-electron chi connectivity index (χ0n) is 7.02. The van der Waals surface area contributed by atoms with E-state index in [1.165, 1.54) is 5.56 Å². The molecular formula is C9H14N2. The van der Waals surface area contributed by atoms with Gasteiger partial charge in [0.25, 0.3) is 0 Å². The van der Waals surface area contributed by atoms with Crippen molar-refractivity contribution in [3.8, 4) is 0 Å². The van der Waals surface area contributed by atoms with E-state index in [4.69, 9.17) is 5.73 Å². The average Bonchev–Trinajstić information content (AvgIpc) is 2.04. The van der Waals surface area contributed by atoms with Gasteiger partial charge in [-0.2, -0.15) is 0 Å². The van der Waals surface area contributed by atoms with E-state index < -0.39 is 0 Å². The monoisotopic (exact) mass is 150 g/mol. The van der Waals surface area contributed by atoms with Gasteiger partial charge < -0.3 is 11.1 Å². The Bertz CT molecular complexity index is 243. The molecule has 11 heavy (non-hydrogen) atoms. The lowest BCUT2D eigenvalue weighted by molar-refractivity contribution is 1.14. The fourth-order valence-corrected chi connectivity index (χ4v) is 1.23. The Morgan fingerprint density at radius 3 is 2.64 bits per heavy atom. The zero-order chi connectivity index (χ0) is 8.27. The zero-order valence-corrected chi connectivity index (χ0v) is 7.02. The van der Waals surface area contributed by atoms with E-state index >= 15 is 0 Å². The Morgan fingerprint density at radius 2 is 2.18 bits per heavy atom. The maximum absolute atomic E-state index is 5.77. The third-order valence-corrected chi connectivity index (χ3v) is 1.84. The lowest BCUT2D eigenvalue weighted by Crippen LogP contribution is -1.98. The van der Waals surface area contributed by atoms with Crippen molar-refractivity contribution in [2.75, 3.05) is 18.1 Å². The molecule has 0 atom stereocenters. The normalized spacial score (nSPS) is 9.64. The van der Waals surface area contributed by atoms with Crippen LogP contribution in [0.15, 0.2) is 18.2 Å². The Morgan fingerprint density at radius 1 is 1.45 bits per heavy atom. The minimum absolute atomic E-state index is 0.874. The fourth-order valence-electron chi connectivity index (χ4n) is 1.23. The quantitative estimate of drug-likeness (QED) is 0.632. The molecule has 0 aromatic heterocycles. The fraction of sp³-hybridized carbons (Fsp3) is 0.333. The number of anilines is 2. The van der Waals surface area contributed by atoms with Gasteiger partial charge in [-0.1, -0.05) is 13.0 Å². The van der Waals surface area contributed by atoms with E-state index in [0.29, 0.717) is 0 Å². The smallest absolute Gasteiger partial charge is 0.0390 e. The van der Waals surface area contributed by atoms with E-state index in [0.717, 1.165) is 17.8 Å². The summed E-state index contributed by atoms with van der Waals surface area (Å²) in [5.74, 6) is 0. The summed E-state index contributed by atoms with van der Waals surface area (Å²) in [5.41, 5.74) is 8.98. The van der Waals surface area contributed by atoms with Crippen molar-refractivity contribution in [3.63, 3.8) is 0 Å². The van der Waals surface area contributed by atoms with Crippen molar-refractivity contribution in [3.05, 3.63) is 23.8 Å². The van der Waals surface area contributed by atoms with Gasteiger partial charge in [0.15, 0.2) is 0 Å². The first-order chi connectivity index (χ1) is 5.29. The summed E-state index contributed by atoms with van der Waals surface area (Å²) in [6, 6.07) is 5.93. The van der Waals surface area contributed by atoms with Crippen molar-refractivity contribution >= 4 is 11.4 Å². The SMILES string of the molecule is CCc1c(N)cccc1NC. The minimum atomic E-state index is 0.874. The predicted octanol–water partition coefficient (Wildman–Crippen LogP) is 1.87. The molecule has 1 aromatic carbocycles. The number of hydrogen-bond donors (Lipinski definition) is 2. The molecule has 0 saturated heterocycles. The van der Waals surface area contributed by atoms with Crippen molar-refractivity contribution in [1.29, 1.82) is 0 Å². The molecular weight excluding hydrogens is 136 g/mol. The summed E-state index contributed by atoms with van der Waals surface area (Å²) in [6.07, 6.45) is 0.975. The Labute approximate surface area is 67.4 Å². The van der Waals surface area contributed by atoms with Gasteiger partial charge in [-0.3, -0.25) is 0 Å². The number of rotatable bonds is 2. The van der Waals surface area contributed by atoms with Crippen LogP contribution in [-0.4, -0.2) is 7.05 Å². The predicted molar refractivity (Wildman–Crippen MR) is 49.8 cm³/mol. The molecule has 0 aliphatic carbocycles. The number of nitrogens with two attached hydrogens (primary N) is 1. The molecule has 0 radical (unpaired) electrons. The van der Waals surface area contributed by atoms with Crippen LogP contribution in [0.5, 0.6) is 0 Å². The molecule has 3 N–H and O–H groups in total. The van der Waals surface area contributed by atoms with Crippen LogP contribution in [0.2, 0.25) is 0 Å². The summed E-state index contributed by atoms with van der Waals surface area (Å²) in [5, 5.41) is 3.11.